The first kappa shape index (κ1) is 11.4. The van der Waals surface area contributed by atoms with Crippen molar-refractivity contribution in [2.24, 2.45) is 0 Å². The highest BCUT2D eigenvalue weighted by Crippen LogP contribution is 2.28. The van der Waals surface area contributed by atoms with E-state index in [2.05, 4.69) is 4.98 Å². The summed E-state index contributed by atoms with van der Waals surface area (Å²) in [5.74, 6) is -0.200. The quantitative estimate of drug-likeness (QED) is 0.879. The van der Waals surface area contributed by atoms with Crippen molar-refractivity contribution < 1.29 is 14.6 Å². The zero-order valence-electron chi connectivity index (χ0n) is 9.73. The summed E-state index contributed by atoms with van der Waals surface area (Å²) < 4.78 is 5.26. The van der Waals surface area contributed by atoms with Crippen molar-refractivity contribution in [3.63, 3.8) is 0 Å². The third-order valence-corrected chi connectivity index (χ3v) is 2.57. The Labute approximate surface area is 98.9 Å². The maximum atomic E-state index is 10.9. The fourth-order valence-corrected chi connectivity index (χ4v) is 1.95. The normalized spacial score (nSPS) is 10.5. The molecule has 2 aromatic rings. The Bertz CT molecular complexity index is 578. The van der Waals surface area contributed by atoms with Gasteiger partial charge in [0.1, 0.15) is 5.75 Å². The van der Waals surface area contributed by atoms with Gasteiger partial charge < -0.3 is 9.84 Å². The zero-order valence-corrected chi connectivity index (χ0v) is 9.73. The summed E-state index contributed by atoms with van der Waals surface area (Å²) in [4.78, 5) is 15.2. The molecule has 0 radical (unpaired) electrons. The first-order valence-corrected chi connectivity index (χ1v) is 5.27. The summed E-state index contributed by atoms with van der Waals surface area (Å²) in [6.07, 6.45) is -0.0275. The third kappa shape index (κ3) is 2.20. The first-order valence-electron chi connectivity index (χ1n) is 5.27. The number of methoxy groups -OCH3 is 1. The van der Waals surface area contributed by atoms with Gasteiger partial charge in [0.25, 0.3) is 0 Å². The molecule has 0 spiro atoms. The van der Waals surface area contributed by atoms with Crippen LogP contribution < -0.4 is 4.74 Å². The van der Waals surface area contributed by atoms with Crippen LogP contribution in [0.4, 0.5) is 0 Å². The van der Waals surface area contributed by atoms with Gasteiger partial charge in [0.05, 0.1) is 19.0 Å². The Balaban J connectivity index is 2.74. The van der Waals surface area contributed by atoms with Gasteiger partial charge in [-0.15, -0.1) is 0 Å². The molecule has 0 saturated heterocycles. The van der Waals surface area contributed by atoms with Gasteiger partial charge >= 0.3 is 5.97 Å². The number of pyridine rings is 1. The number of carboxylic acids is 1. The second kappa shape index (κ2) is 4.41. The summed E-state index contributed by atoms with van der Waals surface area (Å²) in [6.45, 7) is 1.85. The van der Waals surface area contributed by atoms with Crippen molar-refractivity contribution in [1.29, 1.82) is 0 Å². The van der Waals surface area contributed by atoms with Gasteiger partial charge in [-0.05, 0) is 30.7 Å². The van der Waals surface area contributed by atoms with E-state index in [1.54, 1.807) is 13.2 Å². The van der Waals surface area contributed by atoms with E-state index in [0.717, 1.165) is 22.2 Å². The lowest BCUT2D eigenvalue weighted by molar-refractivity contribution is -0.136. The van der Waals surface area contributed by atoms with Gasteiger partial charge in [-0.25, -0.2) is 0 Å². The van der Waals surface area contributed by atoms with Crippen LogP contribution in [0.3, 0.4) is 0 Å². The van der Waals surface area contributed by atoms with E-state index in [0.29, 0.717) is 5.75 Å². The number of benzene rings is 1. The summed E-state index contributed by atoms with van der Waals surface area (Å²) >= 11 is 0. The number of fused-ring (bicyclic) bond motifs is 1. The molecule has 0 atom stereocenters. The molecule has 0 unspecified atom stereocenters. The number of carbonyl (C=O) groups is 1. The highest BCUT2D eigenvalue weighted by Gasteiger charge is 2.11. The van der Waals surface area contributed by atoms with Crippen molar-refractivity contribution in [3.8, 4) is 5.75 Å². The van der Waals surface area contributed by atoms with Crippen LogP contribution in [0.25, 0.3) is 10.9 Å². The van der Waals surface area contributed by atoms with E-state index < -0.39 is 5.97 Å². The topological polar surface area (TPSA) is 59.4 Å². The molecule has 0 aliphatic heterocycles. The molecule has 1 aromatic carbocycles. The van der Waals surface area contributed by atoms with Crippen molar-refractivity contribution in [1.82, 2.24) is 4.98 Å². The molecule has 0 aliphatic carbocycles. The molecule has 17 heavy (non-hydrogen) atoms. The van der Waals surface area contributed by atoms with Gasteiger partial charge in [-0.3, -0.25) is 9.78 Å². The number of aryl methyl sites for hydroxylation is 1. The number of nitrogens with zero attached hydrogens (tertiary/aromatic N) is 1. The Hall–Kier alpha value is -2.10. The van der Waals surface area contributed by atoms with E-state index in [9.17, 15) is 4.79 Å². The smallest absolute Gasteiger partial charge is 0.307 e. The Morgan fingerprint density at radius 1 is 1.47 bits per heavy atom. The van der Waals surface area contributed by atoms with Gasteiger partial charge in [-0.1, -0.05) is 6.07 Å². The van der Waals surface area contributed by atoms with Crippen LogP contribution >= 0.6 is 0 Å². The molecule has 0 amide bonds. The van der Waals surface area contributed by atoms with Crippen molar-refractivity contribution in [3.05, 3.63) is 35.5 Å². The van der Waals surface area contributed by atoms with Gasteiger partial charge in [0.15, 0.2) is 0 Å². The van der Waals surface area contributed by atoms with Crippen LogP contribution in [0.15, 0.2) is 24.3 Å². The van der Waals surface area contributed by atoms with Crippen LogP contribution in [0.5, 0.6) is 5.75 Å². The molecule has 1 N–H and O–H groups in total. The van der Waals surface area contributed by atoms with Gasteiger partial charge in [0.2, 0.25) is 0 Å². The SMILES string of the molecule is COc1cccc2nc(C)cc(CC(=O)O)c12. The number of ether oxygens (including phenoxy) is 1. The van der Waals surface area contributed by atoms with Gasteiger partial charge in [-0.2, -0.15) is 0 Å². The van der Waals surface area contributed by atoms with Crippen molar-refractivity contribution >= 4 is 16.9 Å². The number of aromatic nitrogens is 1. The van der Waals surface area contributed by atoms with Crippen LogP contribution in [-0.2, 0) is 11.2 Å². The van der Waals surface area contributed by atoms with E-state index in [1.165, 1.54) is 0 Å². The lowest BCUT2D eigenvalue weighted by atomic mass is 10.0. The molecular formula is C13H13NO3. The fourth-order valence-electron chi connectivity index (χ4n) is 1.95. The second-order valence-corrected chi connectivity index (χ2v) is 3.85. The number of hydrogen-bond donors (Lipinski definition) is 1. The molecule has 0 saturated carbocycles. The predicted octanol–water partition coefficient (Wildman–Crippen LogP) is 2.18. The maximum Gasteiger partial charge on any atom is 0.307 e. The molecule has 0 bridgehead atoms. The molecule has 1 aromatic heterocycles. The average Bonchev–Trinajstić information content (AvgIpc) is 2.26. The summed E-state index contributed by atoms with van der Waals surface area (Å²) in [7, 11) is 1.57. The lowest BCUT2D eigenvalue weighted by Gasteiger charge is -2.10. The molecule has 4 nitrogen and oxygen atoms in total. The molecular weight excluding hydrogens is 218 g/mol. The summed E-state index contributed by atoms with van der Waals surface area (Å²) in [5.41, 5.74) is 2.31. The number of carboxylic acid groups (broad SMARTS) is 1. The van der Waals surface area contributed by atoms with E-state index in [-0.39, 0.29) is 6.42 Å². The second-order valence-electron chi connectivity index (χ2n) is 3.85. The van der Waals surface area contributed by atoms with E-state index in [4.69, 9.17) is 9.84 Å². The standard InChI is InChI=1S/C13H13NO3/c1-8-6-9(7-12(15)16)13-10(14-8)4-3-5-11(13)17-2/h3-6H,7H2,1-2H3,(H,15,16). The molecule has 0 aliphatic rings. The van der Waals surface area contributed by atoms with Crippen LogP contribution in [0.1, 0.15) is 11.3 Å². The first-order chi connectivity index (χ1) is 8.11. The number of aliphatic carboxylic acids is 1. The molecule has 1 heterocycles. The van der Waals surface area contributed by atoms with Crippen LogP contribution in [-0.4, -0.2) is 23.2 Å². The highest BCUT2D eigenvalue weighted by molar-refractivity contribution is 5.91. The Morgan fingerprint density at radius 3 is 2.88 bits per heavy atom. The van der Waals surface area contributed by atoms with Gasteiger partial charge in [0, 0.05) is 11.1 Å². The number of rotatable bonds is 3. The summed E-state index contributed by atoms with van der Waals surface area (Å²) in [5, 5.41) is 9.70. The zero-order chi connectivity index (χ0) is 12.4. The van der Waals surface area contributed by atoms with E-state index in [1.807, 2.05) is 25.1 Å². The third-order valence-electron chi connectivity index (χ3n) is 2.57. The molecule has 4 heteroatoms. The van der Waals surface area contributed by atoms with Crippen LogP contribution in [0.2, 0.25) is 0 Å². The van der Waals surface area contributed by atoms with Crippen LogP contribution in [0, 0.1) is 6.92 Å². The minimum absolute atomic E-state index is 0.0275. The molecule has 0 fully saturated rings. The fraction of sp³-hybridized carbons (Fsp3) is 0.231. The number of hydrogen-bond acceptors (Lipinski definition) is 3. The Morgan fingerprint density at radius 2 is 2.24 bits per heavy atom. The largest absolute Gasteiger partial charge is 0.496 e. The molecule has 88 valence electrons. The minimum Gasteiger partial charge on any atom is -0.496 e. The predicted molar refractivity (Wildman–Crippen MR) is 64.4 cm³/mol. The van der Waals surface area contributed by atoms with Crippen molar-refractivity contribution in [2.45, 2.75) is 13.3 Å². The Kier molecular flexibility index (Phi) is 2.95. The lowest BCUT2D eigenvalue weighted by Crippen LogP contribution is -2.03. The monoisotopic (exact) mass is 231 g/mol. The average molecular weight is 231 g/mol. The molecule has 2 rings (SSSR count). The van der Waals surface area contributed by atoms with E-state index >= 15 is 0 Å². The maximum absolute atomic E-state index is 10.9. The minimum atomic E-state index is -0.859. The summed E-state index contributed by atoms with van der Waals surface area (Å²) in [6, 6.07) is 7.30. The highest BCUT2D eigenvalue weighted by atomic mass is 16.5. The van der Waals surface area contributed by atoms with Crippen molar-refractivity contribution in [2.75, 3.05) is 7.11 Å².